The lowest BCUT2D eigenvalue weighted by atomic mass is 9.70. The molecule has 35 heavy (non-hydrogen) atoms. The topological polar surface area (TPSA) is 76.1 Å². The number of hydrogen-bond acceptors (Lipinski definition) is 5. The van der Waals surface area contributed by atoms with Crippen LogP contribution in [0, 0.1) is 10.8 Å². The molecule has 174 valence electrons. The average Bonchev–Trinajstić information content (AvgIpc) is 3.01. The van der Waals surface area contributed by atoms with Crippen molar-refractivity contribution in [1.29, 1.82) is 0 Å². The molecule has 0 N–H and O–H groups in total. The molecular weight excluding hydrogens is 436 g/mol. The van der Waals surface area contributed by atoms with Crippen molar-refractivity contribution in [1.82, 2.24) is 15.0 Å². The van der Waals surface area contributed by atoms with Crippen molar-refractivity contribution < 1.29 is 9.59 Å². The molecule has 4 aromatic rings. The molecule has 0 aliphatic carbocycles. The van der Waals surface area contributed by atoms with Gasteiger partial charge in [-0.05, 0) is 38.8 Å². The summed E-state index contributed by atoms with van der Waals surface area (Å²) in [6, 6.07) is 27.5. The summed E-state index contributed by atoms with van der Waals surface area (Å²) in [5.74, 6) is 0.221. The molecule has 0 spiro atoms. The molecule has 6 nitrogen and oxygen atoms in total. The molecule has 0 radical (unpaired) electrons. The SMILES string of the molecule is CC1(C)C(=O)N(c2nc(-c3ccccc3)nc(-c3ccc(-c4ccccc4)cc3)n2)C(=O)C1(C)C. The summed E-state index contributed by atoms with van der Waals surface area (Å²) in [5.41, 5.74) is 1.94. The maximum absolute atomic E-state index is 13.4. The fraction of sp³-hybridized carbons (Fsp3) is 0.207. The van der Waals surface area contributed by atoms with E-state index in [2.05, 4.69) is 22.1 Å². The third-order valence-electron chi connectivity index (χ3n) is 7.14. The van der Waals surface area contributed by atoms with Gasteiger partial charge in [0.1, 0.15) is 0 Å². The summed E-state index contributed by atoms with van der Waals surface area (Å²) in [6.07, 6.45) is 0. The molecule has 5 rings (SSSR count). The van der Waals surface area contributed by atoms with E-state index in [1.807, 2.05) is 72.8 Å². The Morgan fingerprint density at radius 3 is 1.37 bits per heavy atom. The number of amides is 2. The Morgan fingerprint density at radius 2 is 0.886 bits per heavy atom. The number of rotatable bonds is 4. The normalized spacial score (nSPS) is 16.5. The first-order valence-electron chi connectivity index (χ1n) is 11.6. The second-order valence-corrected chi connectivity index (χ2v) is 9.79. The predicted molar refractivity (Wildman–Crippen MR) is 136 cm³/mol. The van der Waals surface area contributed by atoms with Crippen LogP contribution in [0.25, 0.3) is 33.9 Å². The summed E-state index contributed by atoms with van der Waals surface area (Å²) >= 11 is 0. The van der Waals surface area contributed by atoms with Gasteiger partial charge in [0, 0.05) is 11.1 Å². The lowest BCUT2D eigenvalue weighted by molar-refractivity contribution is -0.129. The van der Waals surface area contributed by atoms with Gasteiger partial charge >= 0.3 is 0 Å². The molecule has 1 saturated heterocycles. The Labute approximate surface area is 204 Å². The van der Waals surface area contributed by atoms with Gasteiger partial charge in [-0.2, -0.15) is 9.97 Å². The molecule has 0 bridgehead atoms. The van der Waals surface area contributed by atoms with Crippen LogP contribution in [0.5, 0.6) is 0 Å². The number of imide groups is 1. The Bertz CT molecular complexity index is 1390. The number of benzene rings is 3. The fourth-order valence-electron chi connectivity index (χ4n) is 4.12. The molecule has 2 heterocycles. The van der Waals surface area contributed by atoms with Crippen LogP contribution in [0.1, 0.15) is 27.7 Å². The highest BCUT2D eigenvalue weighted by Gasteiger charge is 2.60. The van der Waals surface area contributed by atoms with Gasteiger partial charge in [0.05, 0.1) is 10.8 Å². The highest BCUT2D eigenvalue weighted by molar-refractivity contribution is 6.24. The van der Waals surface area contributed by atoms with E-state index in [4.69, 9.17) is 4.98 Å². The zero-order valence-corrected chi connectivity index (χ0v) is 20.2. The Balaban J connectivity index is 1.63. The predicted octanol–water partition coefficient (Wildman–Crippen LogP) is 5.80. The van der Waals surface area contributed by atoms with Crippen LogP contribution in [0.15, 0.2) is 84.9 Å². The molecule has 1 aliphatic rings. The van der Waals surface area contributed by atoms with Crippen molar-refractivity contribution in [3.05, 3.63) is 84.9 Å². The second kappa shape index (κ2) is 8.24. The highest BCUT2D eigenvalue weighted by atomic mass is 16.2. The van der Waals surface area contributed by atoms with Gasteiger partial charge in [-0.25, -0.2) is 9.88 Å². The second-order valence-electron chi connectivity index (χ2n) is 9.79. The van der Waals surface area contributed by atoms with Crippen molar-refractivity contribution in [3.8, 4) is 33.9 Å². The maximum atomic E-state index is 13.4. The van der Waals surface area contributed by atoms with E-state index < -0.39 is 10.8 Å². The molecular formula is C29H26N4O2. The number of carbonyl (C=O) groups is 2. The van der Waals surface area contributed by atoms with Gasteiger partial charge in [-0.1, -0.05) is 84.9 Å². The zero-order valence-electron chi connectivity index (χ0n) is 20.2. The Hall–Kier alpha value is -4.19. The quantitative estimate of drug-likeness (QED) is 0.358. The minimum absolute atomic E-state index is 0.0506. The monoisotopic (exact) mass is 462 g/mol. The maximum Gasteiger partial charge on any atom is 0.243 e. The Kier molecular flexibility index (Phi) is 5.32. The lowest BCUT2D eigenvalue weighted by Crippen LogP contribution is -2.35. The number of carbonyl (C=O) groups excluding carboxylic acids is 2. The number of anilines is 1. The summed E-state index contributed by atoms with van der Waals surface area (Å²) in [7, 11) is 0. The molecule has 0 saturated carbocycles. The van der Waals surface area contributed by atoms with Gasteiger partial charge in [-0.15, -0.1) is 0 Å². The van der Waals surface area contributed by atoms with Gasteiger partial charge in [0.25, 0.3) is 0 Å². The van der Waals surface area contributed by atoms with Crippen molar-refractivity contribution in [2.24, 2.45) is 10.8 Å². The summed E-state index contributed by atoms with van der Waals surface area (Å²) in [4.78, 5) is 41.7. The molecule has 3 aromatic carbocycles. The first-order valence-corrected chi connectivity index (χ1v) is 11.6. The number of hydrogen-bond donors (Lipinski definition) is 0. The largest absolute Gasteiger partial charge is 0.273 e. The van der Waals surface area contributed by atoms with E-state index in [0.717, 1.165) is 27.2 Å². The highest BCUT2D eigenvalue weighted by Crippen LogP contribution is 2.48. The first-order chi connectivity index (χ1) is 16.7. The molecule has 1 fully saturated rings. The van der Waals surface area contributed by atoms with Gasteiger partial charge in [0.15, 0.2) is 11.6 Å². The summed E-state index contributed by atoms with van der Waals surface area (Å²) in [5, 5.41) is 0. The summed E-state index contributed by atoms with van der Waals surface area (Å²) < 4.78 is 0. The van der Waals surface area contributed by atoms with Crippen LogP contribution in [0.4, 0.5) is 5.95 Å². The van der Waals surface area contributed by atoms with Crippen LogP contribution < -0.4 is 4.90 Å². The van der Waals surface area contributed by atoms with Crippen molar-refractivity contribution >= 4 is 17.8 Å². The Morgan fingerprint density at radius 1 is 0.514 bits per heavy atom. The molecule has 2 amide bonds. The van der Waals surface area contributed by atoms with E-state index in [1.54, 1.807) is 27.7 Å². The van der Waals surface area contributed by atoms with Gasteiger partial charge in [0.2, 0.25) is 17.8 Å². The van der Waals surface area contributed by atoms with Crippen LogP contribution in [-0.4, -0.2) is 26.8 Å². The van der Waals surface area contributed by atoms with E-state index in [1.165, 1.54) is 0 Å². The van der Waals surface area contributed by atoms with E-state index in [0.29, 0.717) is 11.6 Å². The molecule has 0 unspecified atom stereocenters. The molecule has 1 aromatic heterocycles. The molecule has 6 heteroatoms. The van der Waals surface area contributed by atoms with E-state index >= 15 is 0 Å². The minimum Gasteiger partial charge on any atom is -0.273 e. The number of nitrogens with zero attached hydrogens (tertiary/aromatic N) is 4. The van der Waals surface area contributed by atoms with Crippen LogP contribution in [-0.2, 0) is 9.59 Å². The van der Waals surface area contributed by atoms with E-state index in [9.17, 15) is 9.59 Å². The van der Waals surface area contributed by atoms with E-state index in [-0.39, 0.29) is 17.8 Å². The standard InChI is InChI=1S/C29H26N4O2/c1-28(2)25(34)33(26(35)29(28,3)4)27-31-23(21-13-9-6-10-14-21)30-24(32-27)22-17-15-20(16-18-22)19-11-7-5-8-12-19/h5-18H,1-4H3. The number of aromatic nitrogens is 3. The third kappa shape index (κ3) is 3.71. The lowest BCUT2D eigenvalue weighted by Gasteiger charge is -2.28. The van der Waals surface area contributed by atoms with Crippen LogP contribution >= 0.6 is 0 Å². The molecule has 0 atom stereocenters. The van der Waals surface area contributed by atoms with Gasteiger partial charge < -0.3 is 0 Å². The average molecular weight is 463 g/mol. The van der Waals surface area contributed by atoms with Gasteiger partial charge in [-0.3, -0.25) is 9.59 Å². The fourth-order valence-corrected chi connectivity index (χ4v) is 4.12. The van der Waals surface area contributed by atoms with Crippen molar-refractivity contribution in [3.63, 3.8) is 0 Å². The zero-order chi connectivity index (χ0) is 24.8. The smallest absolute Gasteiger partial charge is 0.243 e. The van der Waals surface area contributed by atoms with Crippen LogP contribution in [0.3, 0.4) is 0 Å². The minimum atomic E-state index is -0.888. The molecule has 1 aliphatic heterocycles. The van der Waals surface area contributed by atoms with Crippen molar-refractivity contribution in [2.45, 2.75) is 27.7 Å². The summed E-state index contributed by atoms with van der Waals surface area (Å²) in [6.45, 7) is 7.15. The third-order valence-corrected chi connectivity index (χ3v) is 7.14. The van der Waals surface area contributed by atoms with Crippen molar-refractivity contribution in [2.75, 3.05) is 4.90 Å². The van der Waals surface area contributed by atoms with Crippen LogP contribution in [0.2, 0.25) is 0 Å². The first kappa shape index (κ1) is 22.6.